The van der Waals surface area contributed by atoms with Gasteiger partial charge < -0.3 is 15.1 Å². The number of carbonyl (C=O) groups is 2. The van der Waals surface area contributed by atoms with Crippen LogP contribution in [0.3, 0.4) is 0 Å². The molecule has 0 radical (unpaired) electrons. The van der Waals surface area contributed by atoms with Crippen LogP contribution in [-0.4, -0.2) is 63.8 Å². The van der Waals surface area contributed by atoms with Gasteiger partial charge in [0.15, 0.2) is 0 Å². The van der Waals surface area contributed by atoms with Crippen molar-refractivity contribution in [1.82, 2.24) is 19.8 Å². The van der Waals surface area contributed by atoms with Crippen LogP contribution in [0, 0.1) is 0 Å². The van der Waals surface area contributed by atoms with Crippen molar-refractivity contribution < 1.29 is 9.59 Å². The van der Waals surface area contributed by atoms with Crippen LogP contribution in [0.1, 0.15) is 34.6 Å². The predicted molar refractivity (Wildman–Crippen MR) is 99.0 cm³/mol. The van der Waals surface area contributed by atoms with Crippen molar-refractivity contribution >= 4 is 17.8 Å². The van der Waals surface area contributed by atoms with E-state index < -0.39 is 0 Å². The molecule has 2 amide bonds. The summed E-state index contributed by atoms with van der Waals surface area (Å²) in [6.07, 6.45) is 3.09. The Morgan fingerprint density at radius 3 is 1.88 bits per heavy atom. The van der Waals surface area contributed by atoms with Gasteiger partial charge in [0.05, 0.1) is 5.56 Å². The van der Waals surface area contributed by atoms with Gasteiger partial charge >= 0.3 is 0 Å². The average Bonchev–Trinajstić information content (AvgIpc) is 2.68. The van der Waals surface area contributed by atoms with Crippen molar-refractivity contribution in [1.29, 1.82) is 0 Å². The number of nitrogens with zero attached hydrogens (tertiary/aromatic N) is 4. The number of nitrogens with one attached hydrogen (secondary N) is 1. The molecule has 3 rings (SSSR count). The second-order valence-corrected chi connectivity index (χ2v) is 6.54. The number of piperazine rings is 1. The molecule has 1 fully saturated rings. The molecule has 1 aliphatic rings. The molecular formula is C19H23N5O2. The fourth-order valence-electron chi connectivity index (χ4n) is 2.83. The molecule has 1 aromatic carbocycles. The molecule has 1 N–H and O–H groups in total. The SMILES string of the molecule is CC(C)Nc1ncc(C(=O)N2CCN(C(=O)c3ccccc3)CC2)cn1. The maximum absolute atomic E-state index is 12.6. The van der Waals surface area contributed by atoms with E-state index in [9.17, 15) is 9.59 Å². The molecule has 0 bridgehead atoms. The molecular weight excluding hydrogens is 330 g/mol. The smallest absolute Gasteiger partial charge is 0.257 e. The summed E-state index contributed by atoms with van der Waals surface area (Å²) < 4.78 is 0. The summed E-state index contributed by atoms with van der Waals surface area (Å²) in [6.45, 7) is 6.05. The van der Waals surface area contributed by atoms with Crippen molar-refractivity contribution in [2.24, 2.45) is 0 Å². The van der Waals surface area contributed by atoms with Crippen LogP contribution < -0.4 is 5.32 Å². The molecule has 0 saturated carbocycles. The van der Waals surface area contributed by atoms with Gasteiger partial charge in [-0.15, -0.1) is 0 Å². The zero-order valence-electron chi connectivity index (χ0n) is 15.1. The van der Waals surface area contributed by atoms with E-state index in [0.29, 0.717) is 43.3 Å². The third-order valence-electron chi connectivity index (χ3n) is 4.19. The predicted octanol–water partition coefficient (Wildman–Crippen LogP) is 1.90. The Bertz CT molecular complexity index is 753. The first kappa shape index (κ1) is 17.8. The fourth-order valence-corrected chi connectivity index (χ4v) is 2.83. The van der Waals surface area contributed by atoms with Gasteiger partial charge in [0.25, 0.3) is 11.8 Å². The van der Waals surface area contributed by atoms with Gasteiger partial charge in [-0.25, -0.2) is 9.97 Å². The molecule has 0 aliphatic carbocycles. The monoisotopic (exact) mass is 353 g/mol. The Hall–Kier alpha value is -2.96. The first-order valence-electron chi connectivity index (χ1n) is 8.77. The molecule has 0 unspecified atom stereocenters. The van der Waals surface area contributed by atoms with Crippen LogP contribution in [0.2, 0.25) is 0 Å². The molecule has 0 atom stereocenters. The maximum atomic E-state index is 12.6. The Labute approximate surface area is 153 Å². The number of aromatic nitrogens is 2. The van der Waals surface area contributed by atoms with Gasteiger partial charge in [-0.3, -0.25) is 9.59 Å². The molecule has 136 valence electrons. The van der Waals surface area contributed by atoms with E-state index in [-0.39, 0.29) is 17.9 Å². The second-order valence-electron chi connectivity index (χ2n) is 6.54. The summed E-state index contributed by atoms with van der Waals surface area (Å²) in [7, 11) is 0. The van der Waals surface area contributed by atoms with E-state index in [1.807, 2.05) is 44.2 Å². The van der Waals surface area contributed by atoms with E-state index in [4.69, 9.17) is 0 Å². The normalized spacial score (nSPS) is 14.4. The lowest BCUT2D eigenvalue weighted by molar-refractivity contribution is 0.0535. The molecule has 1 aliphatic heterocycles. The Morgan fingerprint density at radius 2 is 1.38 bits per heavy atom. The molecule has 0 spiro atoms. The first-order chi connectivity index (χ1) is 12.5. The van der Waals surface area contributed by atoms with Crippen molar-refractivity contribution in [3.8, 4) is 0 Å². The number of rotatable bonds is 4. The molecule has 7 heteroatoms. The summed E-state index contributed by atoms with van der Waals surface area (Å²) >= 11 is 0. The molecule has 7 nitrogen and oxygen atoms in total. The lowest BCUT2D eigenvalue weighted by Crippen LogP contribution is -2.50. The zero-order valence-corrected chi connectivity index (χ0v) is 15.1. The lowest BCUT2D eigenvalue weighted by atomic mass is 10.1. The van der Waals surface area contributed by atoms with E-state index in [2.05, 4.69) is 15.3 Å². The minimum absolute atomic E-state index is 0.00476. The van der Waals surface area contributed by atoms with Crippen molar-refractivity contribution in [3.63, 3.8) is 0 Å². The van der Waals surface area contributed by atoms with Crippen LogP contribution >= 0.6 is 0 Å². The van der Waals surface area contributed by atoms with Crippen LogP contribution in [0.4, 0.5) is 5.95 Å². The van der Waals surface area contributed by atoms with E-state index in [1.54, 1.807) is 22.2 Å². The molecule has 26 heavy (non-hydrogen) atoms. The summed E-state index contributed by atoms with van der Waals surface area (Å²) in [4.78, 5) is 37.0. The highest BCUT2D eigenvalue weighted by Gasteiger charge is 2.25. The van der Waals surface area contributed by atoms with Gasteiger partial charge in [-0.2, -0.15) is 0 Å². The van der Waals surface area contributed by atoms with E-state index >= 15 is 0 Å². The maximum Gasteiger partial charge on any atom is 0.257 e. The lowest BCUT2D eigenvalue weighted by Gasteiger charge is -2.34. The molecule has 1 aromatic heterocycles. The summed E-state index contributed by atoms with van der Waals surface area (Å²) in [6, 6.07) is 9.44. The number of hydrogen-bond acceptors (Lipinski definition) is 5. The minimum Gasteiger partial charge on any atom is -0.352 e. The topological polar surface area (TPSA) is 78.4 Å². The van der Waals surface area contributed by atoms with Crippen LogP contribution in [0.5, 0.6) is 0 Å². The number of amides is 2. The summed E-state index contributed by atoms with van der Waals surface area (Å²) in [5.41, 5.74) is 1.14. The Kier molecular flexibility index (Phi) is 5.46. The van der Waals surface area contributed by atoms with Gasteiger partial charge in [0.2, 0.25) is 5.95 Å². The first-order valence-corrected chi connectivity index (χ1v) is 8.77. The van der Waals surface area contributed by atoms with Crippen molar-refractivity contribution in [3.05, 3.63) is 53.9 Å². The van der Waals surface area contributed by atoms with Crippen molar-refractivity contribution in [2.75, 3.05) is 31.5 Å². The summed E-state index contributed by atoms with van der Waals surface area (Å²) in [5.74, 6) is 0.410. The van der Waals surface area contributed by atoms with Gasteiger partial charge in [-0.1, -0.05) is 18.2 Å². The van der Waals surface area contributed by atoms with Crippen LogP contribution in [-0.2, 0) is 0 Å². The third-order valence-corrected chi connectivity index (χ3v) is 4.19. The van der Waals surface area contributed by atoms with Gasteiger partial charge in [0, 0.05) is 50.2 Å². The fraction of sp³-hybridized carbons (Fsp3) is 0.368. The van der Waals surface area contributed by atoms with Crippen molar-refractivity contribution in [2.45, 2.75) is 19.9 Å². The van der Waals surface area contributed by atoms with Crippen LogP contribution in [0.25, 0.3) is 0 Å². The minimum atomic E-state index is -0.104. The molecule has 2 heterocycles. The highest BCUT2D eigenvalue weighted by molar-refractivity contribution is 5.95. The average molecular weight is 353 g/mol. The third kappa shape index (κ3) is 4.17. The molecule has 1 saturated heterocycles. The number of benzene rings is 1. The second kappa shape index (κ2) is 7.95. The Balaban J connectivity index is 1.57. The molecule has 2 aromatic rings. The Morgan fingerprint density at radius 1 is 0.885 bits per heavy atom. The number of hydrogen-bond donors (Lipinski definition) is 1. The number of anilines is 1. The van der Waals surface area contributed by atoms with E-state index in [1.165, 1.54) is 0 Å². The van der Waals surface area contributed by atoms with Gasteiger partial charge in [0.1, 0.15) is 0 Å². The van der Waals surface area contributed by atoms with E-state index in [0.717, 1.165) is 0 Å². The van der Waals surface area contributed by atoms with Crippen LogP contribution in [0.15, 0.2) is 42.7 Å². The quantitative estimate of drug-likeness (QED) is 0.908. The highest BCUT2D eigenvalue weighted by atomic mass is 16.2. The standard InChI is InChI=1S/C19H23N5O2/c1-14(2)22-19-20-12-16(13-21-19)18(26)24-10-8-23(9-11-24)17(25)15-6-4-3-5-7-15/h3-7,12-14H,8-11H2,1-2H3,(H,20,21,22). The summed E-state index contributed by atoms with van der Waals surface area (Å²) in [5, 5.41) is 3.09. The zero-order chi connectivity index (χ0) is 18.5. The largest absolute Gasteiger partial charge is 0.352 e. The van der Waals surface area contributed by atoms with Gasteiger partial charge in [-0.05, 0) is 26.0 Å². The highest BCUT2D eigenvalue weighted by Crippen LogP contribution is 2.12. The number of carbonyl (C=O) groups excluding carboxylic acids is 2.